The highest BCUT2D eigenvalue weighted by Crippen LogP contribution is 2.25. The molecule has 2 aromatic rings. The van der Waals surface area contributed by atoms with Crippen LogP contribution in [0.3, 0.4) is 0 Å². The van der Waals surface area contributed by atoms with E-state index in [1.807, 2.05) is 18.2 Å². The van der Waals surface area contributed by atoms with E-state index in [1.54, 1.807) is 13.3 Å². The minimum absolute atomic E-state index is 0.655. The summed E-state index contributed by atoms with van der Waals surface area (Å²) in [6.45, 7) is 7.29. The van der Waals surface area contributed by atoms with Crippen LogP contribution in [0.2, 0.25) is 0 Å². The van der Waals surface area contributed by atoms with E-state index in [0.29, 0.717) is 5.56 Å². The van der Waals surface area contributed by atoms with Crippen molar-refractivity contribution in [2.24, 2.45) is 0 Å². The topological polar surface area (TPSA) is 49.2 Å². The first kappa shape index (κ1) is 15.3. The molecule has 4 heteroatoms. The lowest BCUT2D eigenvalue weighted by molar-refractivity contribution is 0.308. The molecule has 1 aromatic heterocycles. The molecule has 0 aliphatic carbocycles. The lowest BCUT2D eigenvalue weighted by atomic mass is 10.0. The zero-order valence-electron chi connectivity index (χ0n) is 12.9. The maximum Gasteiger partial charge on any atom is 0.119 e. The van der Waals surface area contributed by atoms with Gasteiger partial charge in [0.15, 0.2) is 0 Å². The number of benzene rings is 1. The van der Waals surface area contributed by atoms with E-state index in [0.717, 1.165) is 48.3 Å². The third-order valence-corrected chi connectivity index (χ3v) is 3.88. The van der Waals surface area contributed by atoms with E-state index in [2.05, 4.69) is 29.8 Å². The third-order valence-electron chi connectivity index (χ3n) is 3.88. The van der Waals surface area contributed by atoms with Crippen LogP contribution in [0.25, 0.3) is 10.9 Å². The van der Waals surface area contributed by atoms with E-state index in [9.17, 15) is 5.26 Å². The Bertz CT molecular complexity index is 657. The number of pyridine rings is 1. The van der Waals surface area contributed by atoms with Crippen LogP contribution in [0.4, 0.5) is 0 Å². The Morgan fingerprint density at radius 2 is 2.05 bits per heavy atom. The normalized spacial score (nSPS) is 10.8. The Kier molecular flexibility index (Phi) is 5.13. The predicted molar refractivity (Wildman–Crippen MR) is 84.5 cm³/mol. The second-order valence-electron chi connectivity index (χ2n) is 4.92. The van der Waals surface area contributed by atoms with Gasteiger partial charge in [-0.1, -0.05) is 13.8 Å². The number of aromatic nitrogens is 1. The summed E-state index contributed by atoms with van der Waals surface area (Å²) < 4.78 is 5.30. The first-order valence-electron chi connectivity index (χ1n) is 7.31. The number of rotatable bonds is 6. The predicted octanol–water partition coefficient (Wildman–Crippen LogP) is 3.00. The second kappa shape index (κ2) is 7.05. The van der Waals surface area contributed by atoms with Gasteiger partial charge < -0.3 is 9.64 Å². The molecule has 0 fully saturated rings. The van der Waals surface area contributed by atoms with Crippen molar-refractivity contribution in [1.82, 2.24) is 9.88 Å². The monoisotopic (exact) mass is 283 g/mol. The van der Waals surface area contributed by atoms with E-state index in [-0.39, 0.29) is 0 Å². The molecule has 0 aliphatic heterocycles. The summed E-state index contributed by atoms with van der Waals surface area (Å²) in [4.78, 5) is 6.72. The first-order valence-corrected chi connectivity index (χ1v) is 7.31. The highest BCUT2D eigenvalue weighted by Gasteiger charge is 2.11. The molecule has 0 bridgehead atoms. The largest absolute Gasteiger partial charge is 0.497 e. The van der Waals surface area contributed by atoms with Gasteiger partial charge in [0.2, 0.25) is 0 Å². The molecule has 0 spiro atoms. The Morgan fingerprint density at radius 1 is 1.29 bits per heavy atom. The van der Waals surface area contributed by atoms with E-state index >= 15 is 0 Å². The van der Waals surface area contributed by atoms with E-state index in [1.165, 1.54) is 0 Å². The molecule has 0 radical (unpaired) electrons. The summed E-state index contributed by atoms with van der Waals surface area (Å²) in [5.74, 6) is 0.795. The van der Waals surface area contributed by atoms with Gasteiger partial charge in [-0.25, -0.2) is 0 Å². The zero-order valence-corrected chi connectivity index (χ0v) is 12.9. The van der Waals surface area contributed by atoms with Crippen molar-refractivity contribution in [2.75, 3.05) is 26.7 Å². The number of hydrogen-bond acceptors (Lipinski definition) is 4. The summed E-state index contributed by atoms with van der Waals surface area (Å²) >= 11 is 0. The molecular formula is C17H21N3O. The van der Waals surface area contributed by atoms with Crippen molar-refractivity contribution in [2.45, 2.75) is 20.3 Å². The summed E-state index contributed by atoms with van der Waals surface area (Å²) in [6.07, 6.45) is 2.52. The van der Waals surface area contributed by atoms with Gasteiger partial charge in [0.25, 0.3) is 0 Å². The van der Waals surface area contributed by atoms with Crippen LogP contribution in [0, 0.1) is 11.3 Å². The molecule has 0 aliphatic rings. The third kappa shape index (κ3) is 3.32. The van der Waals surface area contributed by atoms with Crippen molar-refractivity contribution in [3.63, 3.8) is 0 Å². The summed E-state index contributed by atoms with van der Waals surface area (Å²) in [7, 11) is 1.65. The number of hydrogen-bond donors (Lipinski definition) is 0. The van der Waals surface area contributed by atoms with Crippen LogP contribution >= 0.6 is 0 Å². The summed E-state index contributed by atoms with van der Waals surface area (Å²) in [6, 6.07) is 8.08. The summed E-state index contributed by atoms with van der Waals surface area (Å²) in [5, 5.41) is 10.4. The van der Waals surface area contributed by atoms with Crippen molar-refractivity contribution in [3.05, 3.63) is 35.5 Å². The average molecular weight is 283 g/mol. The van der Waals surface area contributed by atoms with Crippen LogP contribution in [0.5, 0.6) is 5.75 Å². The maximum atomic E-state index is 9.35. The number of nitriles is 1. The van der Waals surface area contributed by atoms with Gasteiger partial charge in [0.05, 0.1) is 18.2 Å². The Hall–Kier alpha value is -2.12. The molecule has 0 atom stereocenters. The molecule has 1 aromatic carbocycles. The first-order chi connectivity index (χ1) is 10.2. The lowest BCUT2D eigenvalue weighted by Gasteiger charge is -2.19. The van der Waals surface area contributed by atoms with Gasteiger partial charge in [0.1, 0.15) is 11.8 Å². The Balaban J connectivity index is 2.44. The molecule has 0 saturated heterocycles. The maximum absolute atomic E-state index is 9.35. The molecule has 4 nitrogen and oxygen atoms in total. The van der Waals surface area contributed by atoms with Gasteiger partial charge in [-0.3, -0.25) is 4.98 Å². The quantitative estimate of drug-likeness (QED) is 0.817. The number of fused-ring (bicyclic) bond motifs is 1. The number of ether oxygens (including phenoxy) is 1. The molecule has 1 heterocycles. The van der Waals surface area contributed by atoms with Gasteiger partial charge in [-0.05, 0) is 43.3 Å². The number of likely N-dealkylation sites (N-methyl/N-ethyl adjacent to an activating group) is 1. The fourth-order valence-electron chi connectivity index (χ4n) is 2.53. The second-order valence-corrected chi connectivity index (χ2v) is 4.92. The molecule has 21 heavy (non-hydrogen) atoms. The smallest absolute Gasteiger partial charge is 0.119 e. The highest BCUT2D eigenvalue weighted by atomic mass is 16.5. The zero-order chi connectivity index (χ0) is 15.2. The highest BCUT2D eigenvalue weighted by molar-refractivity contribution is 5.85. The van der Waals surface area contributed by atoms with Crippen LogP contribution in [-0.4, -0.2) is 36.6 Å². The molecular weight excluding hydrogens is 262 g/mol. The minimum atomic E-state index is 0.655. The Morgan fingerprint density at radius 3 is 2.67 bits per heavy atom. The standard InChI is InChI=1S/C17H21N3O/c1-4-20(5-2)9-8-15-13(11-18)12-19-17-7-6-14(21-3)10-16(15)17/h6-7,10,12H,4-5,8-9H2,1-3H3. The van der Waals surface area contributed by atoms with Crippen molar-refractivity contribution < 1.29 is 4.74 Å². The molecule has 0 saturated carbocycles. The van der Waals surface area contributed by atoms with Gasteiger partial charge in [-0.2, -0.15) is 5.26 Å². The fraction of sp³-hybridized carbons (Fsp3) is 0.412. The molecule has 0 unspecified atom stereocenters. The molecule has 2 rings (SSSR count). The van der Waals surface area contributed by atoms with Crippen LogP contribution in [0.15, 0.2) is 24.4 Å². The molecule has 110 valence electrons. The van der Waals surface area contributed by atoms with Gasteiger partial charge >= 0.3 is 0 Å². The van der Waals surface area contributed by atoms with Gasteiger partial charge in [0, 0.05) is 18.1 Å². The Labute approximate surface area is 126 Å². The number of methoxy groups -OCH3 is 1. The SMILES string of the molecule is CCN(CC)CCc1c(C#N)cnc2ccc(OC)cc12. The summed E-state index contributed by atoms with van der Waals surface area (Å²) in [5.41, 5.74) is 2.63. The number of nitrogens with zero attached hydrogens (tertiary/aromatic N) is 3. The van der Waals surface area contributed by atoms with E-state index < -0.39 is 0 Å². The molecule has 0 amide bonds. The van der Waals surface area contributed by atoms with Gasteiger partial charge in [-0.15, -0.1) is 0 Å². The average Bonchev–Trinajstić information content (AvgIpc) is 2.55. The fourth-order valence-corrected chi connectivity index (χ4v) is 2.53. The van der Waals surface area contributed by atoms with Crippen LogP contribution < -0.4 is 4.74 Å². The van der Waals surface area contributed by atoms with E-state index in [4.69, 9.17) is 4.74 Å². The lowest BCUT2D eigenvalue weighted by Crippen LogP contribution is -2.25. The van der Waals surface area contributed by atoms with Crippen LogP contribution in [0.1, 0.15) is 25.0 Å². The van der Waals surface area contributed by atoms with Crippen LogP contribution in [-0.2, 0) is 6.42 Å². The van der Waals surface area contributed by atoms with Crippen molar-refractivity contribution in [3.8, 4) is 11.8 Å². The van der Waals surface area contributed by atoms with Crippen molar-refractivity contribution in [1.29, 1.82) is 5.26 Å². The molecule has 0 N–H and O–H groups in total. The van der Waals surface area contributed by atoms with Crippen molar-refractivity contribution >= 4 is 10.9 Å². The minimum Gasteiger partial charge on any atom is -0.497 e.